The van der Waals surface area contributed by atoms with Gasteiger partial charge in [0.05, 0.1) is 6.26 Å². The van der Waals surface area contributed by atoms with Gasteiger partial charge in [-0.15, -0.1) is 0 Å². The number of anilines is 1. The molecule has 1 fully saturated rings. The van der Waals surface area contributed by atoms with Crippen LogP contribution in [0.15, 0.2) is 18.3 Å². The molecule has 0 spiro atoms. The van der Waals surface area contributed by atoms with Crippen LogP contribution in [0.3, 0.4) is 0 Å². The summed E-state index contributed by atoms with van der Waals surface area (Å²) in [5, 5.41) is 0. The van der Waals surface area contributed by atoms with Crippen molar-refractivity contribution in [1.82, 2.24) is 9.71 Å². The predicted octanol–water partition coefficient (Wildman–Crippen LogP) is 0.731. The lowest BCUT2D eigenvalue weighted by Crippen LogP contribution is -2.22. The van der Waals surface area contributed by atoms with Crippen molar-refractivity contribution in [2.75, 3.05) is 24.2 Å². The molecule has 0 amide bonds. The standard InChI is InChI=1S/C11H17N3O2S/c1-17(15,16)13-9-10-4-5-12-11(8-10)14-6-2-3-7-14/h4-5,8,13H,2-3,6-7,9H2,1H3. The van der Waals surface area contributed by atoms with Crippen molar-refractivity contribution >= 4 is 15.8 Å². The molecule has 1 aromatic heterocycles. The maximum Gasteiger partial charge on any atom is 0.209 e. The molecule has 0 unspecified atom stereocenters. The summed E-state index contributed by atoms with van der Waals surface area (Å²) < 4.78 is 24.5. The highest BCUT2D eigenvalue weighted by Gasteiger charge is 2.13. The van der Waals surface area contributed by atoms with Crippen LogP contribution >= 0.6 is 0 Å². The summed E-state index contributed by atoms with van der Waals surface area (Å²) in [6, 6.07) is 3.78. The van der Waals surface area contributed by atoms with Gasteiger partial charge in [0, 0.05) is 25.8 Å². The monoisotopic (exact) mass is 255 g/mol. The molecule has 17 heavy (non-hydrogen) atoms. The fraction of sp³-hybridized carbons (Fsp3) is 0.545. The van der Waals surface area contributed by atoms with Crippen molar-refractivity contribution in [3.8, 4) is 0 Å². The quantitative estimate of drug-likeness (QED) is 0.861. The maximum absolute atomic E-state index is 11.0. The van der Waals surface area contributed by atoms with E-state index in [0.29, 0.717) is 6.54 Å². The molecule has 1 N–H and O–H groups in total. The molecule has 0 radical (unpaired) electrons. The van der Waals surface area contributed by atoms with Crippen molar-refractivity contribution in [2.24, 2.45) is 0 Å². The van der Waals surface area contributed by atoms with Gasteiger partial charge in [0.2, 0.25) is 10.0 Å². The zero-order chi connectivity index (χ0) is 12.3. The molecular formula is C11H17N3O2S. The van der Waals surface area contributed by atoms with Gasteiger partial charge in [-0.25, -0.2) is 18.1 Å². The van der Waals surface area contributed by atoms with Crippen LogP contribution in [0.1, 0.15) is 18.4 Å². The van der Waals surface area contributed by atoms with E-state index in [2.05, 4.69) is 14.6 Å². The number of hydrogen-bond acceptors (Lipinski definition) is 4. The second kappa shape index (κ2) is 5.01. The number of sulfonamides is 1. The van der Waals surface area contributed by atoms with Crippen molar-refractivity contribution in [2.45, 2.75) is 19.4 Å². The fourth-order valence-corrected chi connectivity index (χ4v) is 2.33. The normalized spacial score (nSPS) is 16.4. The van der Waals surface area contributed by atoms with Crippen LogP contribution in [0.2, 0.25) is 0 Å². The minimum absolute atomic E-state index is 0.322. The second-order valence-corrected chi connectivity index (χ2v) is 6.14. The lowest BCUT2D eigenvalue weighted by Gasteiger charge is -2.16. The number of rotatable bonds is 4. The molecule has 1 aliphatic heterocycles. The van der Waals surface area contributed by atoms with E-state index in [1.54, 1.807) is 6.20 Å². The van der Waals surface area contributed by atoms with E-state index < -0.39 is 10.0 Å². The van der Waals surface area contributed by atoms with Crippen LogP contribution in [0.5, 0.6) is 0 Å². The topological polar surface area (TPSA) is 62.3 Å². The van der Waals surface area contributed by atoms with Gasteiger partial charge in [-0.3, -0.25) is 0 Å². The molecule has 94 valence electrons. The van der Waals surface area contributed by atoms with Crippen LogP contribution in [-0.2, 0) is 16.6 Å². The van der Waals surface area contributed by atoms with E-state index in [9.17, 15) is 8.42 Å². The second-order valence-electron chi connectivity index (χ2n) is 4.31. The largest absolute Gasteiger partial charge is 0.357 e. The maximum atomic E-state index is 11.0. The first kappa shape index (κ1) is 12.3. The Morgan fingerprint density at radius 2 is 2.12 bits per heavy atom. The molecular weight excluding hydrogens is 238 g/mol. The first-order valence-corrected chi connectivity index (χ1v) is 7.58. The summed E-state index contributed by atoms with van der Waals surface area (Å²) in [6.45, 7) is 2.40. The minimum Gasteiger partial charge on any atom is -0.357 e. The summed E-state index contributed by atoms with van der Waals surface area (Å²) in [6.07, 6.45) is 5.30. The average Bonchev–Trinajstić information content (AvgIpc) is 2.79. The van der Waals surface area contributed by atoms with Gasteiger partial charge < -0.3 is 4.90 Å². The summed E-state index contributed by atoms with van der Waals surface area (Å²) in [4.78, 5) is 6.54. The molecule has 6 heteroatoms. The highest BCUT2D eigenvalue weighted by Crippen LogP contribution is 2.18. The Labute approximate surface area is 102 Å². The van der Waals surface area contributed by atoms with Gasteiger partial charge in [0.1, 0.15) is 5.82 Å². The SMILES string of the molecule is CS(=O)(=O)NCc1ccnc(N2CCCC2)c1. The van der Waals surface area contributed by atoms with Gasteiger partial charge in [0.15, 0.2) is 0 Å². The van der Waals surface area contributed by atoms with Crippen LogP contribution in [0.25, 0.3) is 0 Å². The number of aromatic nitrogens is 1. The highest BCUT2D eigenvalue weighted by molar-refractivity contribution is 7.88. The zero-order valence-corrected chi connectivity index (χ0v) is 10.7. The average molecular weight is 255 g/mol. The molecule has 5 nitrogen and oxygen atoms in total. The Hall–Kier alpha value is -1.14. The molecule has 0 saturated carbocycles. The minimum atomic E-state index is -3.14. The Balaban J connectivity index is 2.06. The molecule has 2 heterocycles. The Kier molecular flexibility index (Phi) is 3.63. The summed E-state index contributed by atoms with van der Waals surface area (Å²) in [7, 11) is -3.14. The van der Waals surface area contributed by atoms with Gasteiger partial charge >= 0.3 is 0 Å². The van der Waals surface area contributed by atoms with Gasteiger partial charge in [-0.1, -0.05) is 0 Å². The van der Waals surface area contributed by atoms with Crippen LogP contribution < -0.4 is 9.62 Å². The third-order valence-corrected chi connectivity index (χ3v) is 3.45. The molecule has 0 aromatic carbocycles. The first-order valence-electron chi connectivity index (χ1n) is 5.69. The lowest BCUT2D eigenvalue weighted by molar-refractivity contribution is 0.587. The van der Waals surface area contributed by atoms with Crippen LogP contribution in [-0.4, -0.2) is 32.7 Å². The van der Waals surface area contributed by atoms with E-state index in [4.69, 9.17) is 0 Å². The molecule has 1 aromatic rings. The third-order valence-electron chi connectivity index (χ3n) is 2.78. The van der Waals surface area contributed by atoms with Crippen molar-refractivity contribution in [1.29, 1.82) is 0 Å². The number of nitrogens with one attached hydrogen (secondary N) is 1. The Bertz CT molecular complexity index is 481. The van der Waals surface area contributed by atoms with E-state index in [1.807, 2.05) is 12.1 Å². The van der Waals surface area contributed by atoms with Crippen molar-refractivity contribution < 1.29 is 8.42 Å². The third kappa shape index (κ3) is 3.67. The summed E-state index contributed by atoms with van der Waals surface area (Å²) in [5.74, 6) is 0.940. The number of nitrogens with zero attached hydrogens (tertiary/aromatic N) is 2. The smallest absolute Gasteiger partial charge is 0.209 e. The van der Waals surface area contributed by atoms with Crippen molar-refractivity contribution in [3.63, 3.8) is 0 Å². The Morgan fingerprint density at radius 1 is 1.41 bits per heavy atom. The summed E-state index contributed by atoms with van der Waals surface area (Å²) in [5.41, 5.74) is 0.937. The van der Waals surface area contributed by atoms with Crippen LogP contribution in [0, 0.1) is 0 Å². The van der Waals surface area contributed by atoms with E-state index >= 15 is 0 Å². The molecule has 1 aliphatic rings. The van der Waals surface area contributed by atoms with Gasteiger partial charge in [-0.2, -0.15) is 0 Å². The van der Waals surface area contributed by atoms with E-state index in [1.165, 1.54) is 12.8 Å². The first-order chi connectivity index (χ1) is 8.04. The summed E-state index contributed by atoms with van der Waals surface area (Å²) >= 11 is 0. The van der Waals surface area contributed by atoms with Gasteiger partial charge in [0.25, 0.3) is 0 Å². The van der Waals surface area contributed by atoms with Crippen molar-refractivity contribution in [3.05, 3.63) is 23.9 Å². The number of hydrogen-bond donors (Lipinski definition) is 1. The molecule has 0 atom stereocenters. The lowest BCUT2D eigenvalue weighted by atomic mass is 10.2. The zero-order valence-electron chi connectivity index (χ0n) is 9.89. The molecule has 1 saturated heterocycles. The predicted molar refractivity (Wildman–Crippen MR) is 67.4 cm³/mol. The van der Waals surface area contributed by atoms with E-state index in [0.717, 1.165) is 30.7 Å². The highest BCUT2D eigenvalue weighted by atomic mass is 32.2. The number of pyridine rings is 1. The Morgan fingerprint density at radius 3 is 2.76 bits per heavy atom. The van der Waals surface area contributed by atoms with E-state index in [-0.39, 0.29) is 0 Å². The molecule has 2 rings (SSSR count). The van der Waals surface area contributed by atoms with Gasteiger partial charge in [-0.05, 0) is 30.5 Å². The fourth-order valence-electron chi connectivity index (χ4n) is 1.90. The molecule has 0 bridgehead atoms. The molecule has 0 aliphatic carbocycles. The van der Waals surface area contributed by atoms with Crippen LogP contribution in [0.4, 0.5) is 5.82 Å².